The molecule has 3 aromatic rings. The Balaban J connectivity index is 1.64. The van der Waals surface area contributed by atoms with Crippen LogP contribution in [0.5, 0.6) is 5.75 Å². The van der Waals surface area contributed by atoms with Gasteiger partial charge in [0.2, 0.25) is 0 Å². The number of benzene rings is 2. The van der Waals surface area contributed by atoms with Gasteiger partial charge in [-0.15, -0.1) is 0 Å². The fourth-order valence-corrected chi connectivity index (χ4v) is 5.74. The van der Waals surface area contributed by atoms with E-state index in [2.05, 4.69) is 5.32 Å². The lowest BCUT2D eigenvalue weighted by Crippen LogP contribution is -2.29. The normalized spacial score (nSPS) is 17.8. The van der Waals surface area contributed by atoms with Crippen molar-refractivity contribution < 1.29 is 13.3 Å². The summed E-state index contributed by atoms with van der Waals surface area (Å²) in [6.45, 7) is 3.68. The van der Waals surface area contributed by atoms with Gasteiger partial charge in [0.05, 0.1) is 23.7 Å². The molecular weight excluding hydrogens is 453 g/mol. The summed E-state index contributed by atoms with van der Waals surface area (Å²) < 4.78 is 36.7. The van der Waals surface area contributed by atoms with Crippen LogP contribution in [0.4, 0.5) is 21.6 Å². The van der Waals surface area contributed by atoms with Gasteiger partial charge in [0.25, 0.3) is 5.56 Å². The topological polar surface area (TPSA) is 63.6 Å². The zero-order chi connectivity index (χ0) is 24.6. The summed E-state index contributed by atoms with van der Waals surface area (Å²) in [5.41, 5.74) is 3.15. The number of ether oxygens (including phenoxy) is 1. The summed E-state index contributed by atoms with van der Waals surface area (Å²) in [4.78, 5) is 12.7. The van der Waals surface area contributed by atoms with Crippen molar-refractivity contribution in [1.82, 2.24) is 4.57 Å². The molecule has 1 heterocycles. The second-order valence-corrected chi connectivity index (χ2v) is 10.4. The standard InChI is InChI=1S/C26H30FN3O3S/c1-6-17-10-11-22(21(27)13-17)28-25-23(12-16(2)26(31)29(25)3)30(4)34(32)24-15-20(24)18-8-7-9-19(14-18)33-5/h7-14,20,24,28H,6,15H2,1-5H3. The molecular formula is C26H30FN3O3S. The molecule has 0 aliphatic heterocycles. The van der Waals surface area contributed by atoms with Gasteiger partial charge < -0.3 is 10.1 Å². The average molecular weight is 484 g/mol. The minimum atomic E-state index is -1.35. The number of rotatable bonds is 8. The van der Waals surface area contributed by atoms with E-state index < -0.39 is 16.8 Å². The maximum absolute atomic E-state index is 14.7. The van der Waals surface area contributed by atoms with E-state index in [0.717, 1.165) is 29.7 Å². The molecule has 2 aromatic carbocycles. The number of methoxy groups -OCH3 is 1. The van der Waals surface area contributed by atoms with Crippen LogP contribution in [0.15, 0.2) is 53.3 Å². The molecule has 1 aliphatic carbocycles. The molecule has 1 fully saturated rings. The van der Waals surface area contributed by atoms with Crippen molar-refractivity contribution in [2.24, 2.45) is 7.05 Å². The summed E-state index contributed by atoms with van der Waals surface area (Å²) in [5.74, 6) is 0.941. The van der Waals surface area contributed by atoms with Gasteiger partial charge in [-0.2, -0.15) is 0 Å². The fourth-order valence-electron chi connectivity index (χ4n) is 4.19. The number of anilines is 3. The van der Waals surface area contributed by atoms with Gasteiger partial charge in [0.1, 0.15) is 28.4 Å². The Kier molecular flexibility index (Phi) is 6.79. The SMILES string of the molecule is CCc1ccc(Nc2c(N(C)S(=O)C3CC3c3cccc(OC)c3)cc(C)c(=O)n2C)c(F)c1. The Morgan fingerprint density at radius 2 is 2.00 bits per heavy atom. The average Bonchev–Trinajstić information content (AvgIpc) is 3.65. The Hall–Kier alpha value is -3.13. The highest BCUT2D eigenvalue weighted by Crippen LogP contribution is 2.47. The van der Waals surface area contributed by atoms with Crippen molar-refractivity contribution in [3.05, 3.63) is 81.4 Å². The van der Waals surface area contributed by atoms with E-state index in [-0.39, 0.29) is 22.4 Å². The molecule has 180 valence electrons. The number of pyridine rings is 1. The number of aryl methyl sites for hydroxylation is 2. The Labute approximate surface area is 202 Å². The quantitative estimate of drug-likeness (QED) is 0.500. The summed E-state index contributed by atoms with van der Waals surface area (Å²) in [7, 11) is 3.66. The van der Waals surface area contributed by atoms with E-state index in [4.69, 9.17) is 4.74 Å². The highest BCUT2D eigenvalue weighted by molar-refractivity contribution is 7.87. The molecule has 0 spiro atoms. The van der Waals surface area contributed by atoms with Crippen LogP contribution in [-0.2, 0) is 24.5 Å². The molecule has 3 unspecified atom stereocenters. The number of hydrogen-bond donors (Lipinski definition) is 1. The van der Waals surface area contributed by atoms with E-state index in [0.29, 0.717) is 17.1 Å². The maximum atomic E-state index is 14.7. The monoisotopic (exact) mass is 483 g/mol. The minimum absolute atomic E-state index is 0.0527. The van der Waals surface area contributed by atoms with Crippen LogP contribution in [0.25, 0.3) is 0 Å². The van der Waals surface area contributed by atoms with Crippen molar-refractivity contribution in [3.63, 3.8) is 0 Å². The van der Waals surface area contributed by atoms with Crippen LogP contribution in [0.1, 0.15) is 36.0 Å². The van der Waals surface area contributed by atoms with Crippen LogP contribution in [-0.4, -0.2) is 28.2 Å². The highest BCUT2D eigenvalue weighted by atomic mass is 32.2. The van der Waals surface area contributed by atoms with Crippen molar-refractivity contribution in [2.75, 3.05) is 23.8 Å². The predicted octanol–water partition coefficient (Wildman–Crippen LogP) is 4.80. The van der Waals surface area contributed by atoms with Crippen molar-refractivity contribution >= 4 is 28.2 Å². The lowest BCUT2D eigenvalue weighted by molar-refractivity contribution is 0.414. The summed E-state index contributed by atoms with van der Waals surface area (Å²) >= 11 is 0. The lowest BCUT2D eigenvalue weighted by Gasteiger charge is -2.24. The number of halogens is 1. The van der Waals surface area contributed by atoms with Crippen LogP contribution in [0.2, 0.25) is 0 Å². The van der Waals surface area contributed by atoms with E-state index in [1.807, 2.05) is 37.3 Å². The number of nitrogens with one attached hydrogen (secondary N) is 1. The molecule has 1 aromatic heterocycles. The van der Waals surface area contributed by atoms with Gasteiger partial charge in [0, 0.05) is 25.6 Å². The highest BCUT2D eigenvalue weighted by Gasteiger charge is 2.45. The molecule has 3 atom stereocenters. The first kappa shape index (κ1) is 24.0. The van der Waals surface area contributed by atoms with Crippen molar-refractivity contribution in [1.29, 1.82) is 0 Å². The van der Waals surface area contributed by atoms with E-state index in [9.17, 15) is 13.4 Å². The zero-order valence-corrected chi connectivity index (χ0v) is 20.9. The van der Waals surface area contributed by atoms with Crippen molar-refractivity contribution in [2.45, 2.75) is 37.9 Å². The molecule has 34 heavy (non-hydrogen) atoms. The third kappa shape index (κ3) is 4.59. The summed E-state index contributed by atoms with van der Waals surface area (Å²) in [6, 6.07) is 14.5. The smallest absolute Gasteiger partial charge is 0.254 e. The predicted molar refractivity (Wildman–Crippen MR) is 136 cm³/mol. The first-order chi connectivity index (χ1) is 16.2. The fraction of sp³-hybridized carbons (Fsp3) is 0.346. The molecule has 4 rings (SSSR count). The first-order valence-electron chi connectivity index (χ1n) is 11.3. The number of nitrogens with zero attached hydrogens (tertiary/aromatic N) is 2. The molecule has 8 heteroatoms. The van der Waals surface area contributed by atoms with Crippen LogP contribution >= 0.6 is 0 Å². The first-order valence-corrected chi connectivity index (χ1v) is 12.5. The summed E-state index contributed by atoms with van der Waals surface area (Å²) in [5, 5.41) is 3.02. The largest absolute Gasteiger partial charge is 0.497 e. The van der Waals surface area contributed by atoms with E-state index >= 15 is 0 Å². The van der Waals surface area contributed by atoms with Gasteiger partial charge >= 0.3 is 0 Å². The molecule has 0 radical (unpaired) electrons. The molecule has 0 amide bonds. The Bertz CT molecular complexity index is 1310. The zero-order valence-electron chi connectivity index (χ0n) is 20.1. The number of aromatic nitrogens is 1. The van der Waals surface area contributed by atoms with Crippen LogP contribution in [0.3, 0.4) is 0 Å². The van der Waals surface area contributed by atoms with Gasteiger partial charge in [-0.3, -0.25) is 13.7 Å². The van der Waals surface area contributed by atoms with E-state index in [1.54, 1.807) is 44.6 Å². The summed E-state index contributed by atoms with van der Waals surface area (Å²) in [6.07, 6.45) is 1.52. The number of hydrogen-bond acceptors (Lipinski definition) is 4. The second-order valence-electron chi connectivity index (χ2n) is 8.65. The maximum Gasteiger partial charge on any atom is 0.254 e. The second kappa shape index (κ2) is 9.62. The van der Waals surface area contributed by atoms with Gasteiger partial charge in [-0.1, -0.05) is 25.1 Å². The van der Waals surface area contributed by atoms with Gasteiger partial charge in [-0.25, -0.2) is 8.60 Å². The lowest BCUT2D eigenvalue weighted by atomic mass is 10.1. The van der Waals surface area contributed by atoms with E-state index in [1.165, 1.54) is 10.6 Å². The van der Waals surface area contributed by atoms with Crippen molar-refractivity contribution in [3.8, 4) is 5.75 Å². The van der Waals surface area contributed by atoms with Gasteiger partial charge in [-0.05, 0) is 61.2 Å². The third-order valence-corrected chi connectivity index (χ3v) is 8.17. The van der Waals surface area contributed by atoms with Crippen LogP contribution < -0.4 is 19.9 Å². The Morgan fingerprint density at radius 3 is 2.68 bits per heavy atom. The minimum Gasteiger partial charge on any atom is -0.497 e. The molecule has 0 bridgehead atoms. The van der Waals surface area contributed by atoms with Gasteiger partial charge in [0.15, 0.2) is 0 Å². The Morgan fingerprint density at radius 1 is 1.24 bits per heavy atom. The molecule has 1 aliphatic rings. The molecule has 1 saturated carbocycles. The molecule has 1 N–H and O–H groups in total. The van der Waals surface area contributed by atoms with Crippen LogP contribution in [0, 0.1) is 12.7 Å². The molecule has 6 nitrogen and oxygen atoms in total. The molecule has 0 saturated heterocycles. The third-order valence-electron chi connectivity index (χ3n) is 6.39.